The van der Waals surface area contributed by atoms with Gasteiger partial charge in [-0.05, 0) is 56.0 Å². The molecule has 1 aromatic heterocycles. The van der Waals surface area contributed by atoms with E-state index in [-0.39, 0.29) is 0 Å². The molecule has 1 atom stereocenters. The lowest BCUT2D eigenvalue weighted by Gasteiger charge is -2.12. The zero-order valence-corrected chi connectivity index (χ0v) is 13.0. The Kier molecular flexibility index (Phi) is 3.47. The van der Waals surface area contributed by atoms with Gasteiger partial charge >= 0.3 is 0 Å². The van der Waals surface area contributed by atoms with Gasteiger partial charge in [0, 0.05) is 22.6 Å². The molecule has 0 fully saturated rings. The van der Waals surface area contributed by atoms with Crippen molar-refractivity contribution in [2.24, 2.45) is 0 Å². The molecular formula is C20H22N2. The normalized spacial score (nSPS) is 17.0. The van der Waals surface area contributed by atoms with Gasteiger partial charge in [0.05, 0.1) is 0 Å². The van der Waals surface area contributed by atoms with Crippen LogP contribution in [0.2, 0.25) is 0 Å². The maximum absolute atomic E-state index is 3.73. The van der Waals surface area contributed by atoms with Crippen LogP contribution in [-0.4, -0.2) is 11.5 Å². The van der Waals surface area contributed by atoms with E-state index < -0.39 is 0 Å². The van der Waals surface area contributed by atoms with Crippen molar-refractivity contribution in [2.45, 2.75) is 32.2 Å². The number of aryl methyl sites for hydroxylation is 2. The van der Waals surface area contributed by atoms with Crippen molar-refractivity contribution in [3.8, 4) is 0 Å². The van der Waals surface area contributed by atoms with E-state index in [0.717, 1.165) is 13.0 Å². The number of H-pyrrole nitrogens is 1. The summed E-state index contributed by atoms with van der Waals surface area (Å²) in [7, 11) is 0. The Morgan fingerprint density at radius 2 is 2.00 bits per heavy atom. The van der Waals surface area contributed by atoms with E-state index in [0.29, 0.717) is 6.04 Å². The Morgan fingerprint density at radius 1 is 1.14 bits per heavy atom. The Labute approximate surface area is 131 Å². The number of nitrogens with one attached hydrogen (secondary N) is 2. The van der Waals surface area contributed by atoms with Gasteiger partial charge in [-0.25, -0.2) is 0 Å². The average molecular weight is 290 g/mol. The fourth-order valence-corrected chi connectivity index (χ4v) is 3.62. The zero-order valence-electron chi connectivity index (χ0n) is 13.0. The van der Waals surface area contributed by atoms with Crippen molar-refractivity contribution in [3.05, 3.63) is 70.9 Å². The largest absolute Gasteiger partial charge is 0.357 e. The molecule has 1 aliphatic carbocycles. The molecule has 0 aliphatic heterocycles. The van der Waals surface area contributed by atoms with Crippen molar-refractivity contribution in [2.75, 3.05) is 6.54 Å². The molecule has 2 nitrogen and oxygen atoms in total. The summed E-state index contributed by atoms with van der Waals surface area (Å²) in [5.41, 5.74) is 6.96. The highest BCUT2D eigenvalue weighted by Gasteiger charge is 2.25. The van der Waals surface area contributed by atoms with Gasteiger partial charge in [-0.15, -0.1) is 0 Å². The van der Waals surface area contributed by atoms with Crippen molar-refractivity contribution < 1.29 is 0 Å². The molecule has 1 unspecified atom stereocenters. The van der Waals surface area contributed by atoms with Crippen LogP contribution in [0.4, 0.5) is 0 Å². The zero-order chi connectivity index (χ0) is 14.9. The van der Waals surface area contributed by atoms with Crippen LogP contribution in [-0.2, 0) is 12.8 Å². The summed E-state index contributed by atoms with van der Waals surface area (Å²) < 4.78 is 0. The monoisotopic (exact) mass is 290 g/mol. The van der Waals surface area contributed by atoms with Crippen LogP contribution in [0.15, 0.2) is 48.5 Å². The molecular weight excluding hydrogens is 268 g/mol. The maximum Gasteiger partial charge on any atom is 0.0479 e. The molecule has 0 saturated heterocycles. The van der Waals surface area contributed by atoms with Gasteiger partial charge in [-0.2, -0.15) is 0 Å². The topological polar surface area (TPSA) is 27.8 Å². The molecule has 1 aliphatic rings. The highest BCUT2D eigenvalue weighted by molar-refractivity contribution is 5.86. The Morgan fingerprint density at radius 3 is 2.86 bits per heavy atom. The van der Waals surface area contributed by atoms with Crippen molar-refractivity contribution in [1.29, 1.82) is 0 Å². The highest BCUT2D eigenvalue weighted by Crippen LogP contribution is 2.36. The summed E-state index contributed by atoms with van der Waals surface area (Å²) in [6.07, 6.45) is 3.48. The second-order valence-corrected chi connectivity index (χ2v) is 6.35. The minimum absolute atomic E-state index is 0.478. The number of benzene rings is 2. The third-order valence-electron chi connectivity index (χ3n) is 4.77. The number of hydrogen-bond donors (Lipinski definition) is 2. The summed E-state index contributed by atoms with van der Waals surface area (Å²) in [4.78, 5) is 3.64. The number of hydrogen-bond acceptors (Lipinski definition) is 1. The first-order chi connectivity index (χ1) is 10.8. The van der Waals surface area contributed by atoms with E-state index in [4.69, 9.17) is 0 Å². The Hall–Kier alpha value is -2.06. The Bertz CT molecular complexity index is 786. The van der Waals surface area contributed by atoms with Crippen LogP contribution in [0.5, 0.6) is 0 Å². The smallest absolute Gasteiger partial charge is 0.0479 e. The van der Waals surface area contributed by atoms with Crippen LogP contribution in [0.3, 0.4) is 0 Å². The summed E-state index contributed by atoms with van der Waals surface area (Å²) in [5.74, 6) is 0. The number of aromatic nitrogens is 1. The second-order valence-electron chi connectivity index (χ2n) is 6.35. The number of aromatic amines is 1. The lowest BCUT2D eigenvalue weighted by Crippen LogP contribution is -2.22. The fourth-order valence-electron chi connectivity index (χ4n) is 3.62. The third-order valence-corrected chi connectivity index (χ3v) is 4.77. The molecule has 0 bridgehead atoms. The van der Waals surface area contributed by atoms with E-state index in [1.54, 1.807) is 0 Å². The van der Waals surface area contributed by atoms with Crippen molar-refractivity contribution >= 4 is 10.9 Å². The molecule has 0 saturated carbocycles. The van der Waals surface area contributed by atoms with E-state index in [9.17, 15) is 0 Å². The summed E-state index contributed by atoms with van der Waals surface area (Å²) in [6, 6.07) is 17.9. The van der Waals surface area contributed by atoms with Gasteiger partial charge in [0.25, 0.3) is 0 Å². The molecule has 0 amide bonds. The van der Waals surface area contributed by atoms with Crippen LogP contribution in [0.25, 0.3) is 10.9 Å². The average Bonchev–Trinajstić information content (AvgIpc) is 3.08. The number of rotatable bonds is 4. The van der Waals surface area contributed by atoms with Crippen LogP contribution in [0.1, 0.15) is 34.8 Å². The first-order valence-corrected chi connectivity index (χ1v) is 8.19. The van der Waals surface area contributed by atoms with Crippen LogP contribution < -0.4 is 5.32 Å². The molecule has 2 heteroatoms. The standard InChI is InChI=1S/C20H22N2/c1-14-7-9-18-17(13-14)16-8-10-19(20(16)22-18)21-12-11-15-5-3-2-4-6-15/h2-7,9,13,19,21-22H,8,10-12H2,1H3. The summed E-state index contributed by atoms with van der Waals surface area (Å²) in [6.45, 7) is 3.20. The lowest BCUT2D eigenvalue weighted by molar-refractivity contribution is 0.525. The molecule has 0 spiro atoms. The quantitative estimate of drug-likeness (QED) is 0.737. The molecule has 2 N–H and O–H groups in total. The van der Waals surface area contributed by atoms with Gasteiger partial charge in [-0.3, -0.25) is 0 Å². The molecule has 2 aromatic carbocycles. The van der Waals surface area contributed by atoms with Crippen molar-refractivity contribution in [3.63, 3.8) is 0 Å². The molecule has 0 radical (unpaired) electrons. The number of fused-ring (bicyclic) bond motifs is 3. The molecule has 3 aromatic rings. The summed E-state index contributed by atoms with van der Waals surface area (Å²) in [5, 5.41) is 5.15. The predicted molar refractivity (Wildman–Crippen MR) is 92.2 cm³/mol. The van der Waals surface area contributed by atoms with E-state index in [2.05, 4.69) is 65.8 Å². The molecule has 1 heterocycles. The van der Waals surface area contributed by atoms with E-state index in [1.165, 1.54) is 46.1 Å². The van der Waals surface area contributed by atoms with Crippen LogP contribution in [0, 0.1) is 6.92 Å². The maximum atomic E-state index is 3.73. The predicted octanol–water partition coefficient (Wildman–Crippen LogP) is 4.30. The molecule has 4 rings (SSSR count). The second kappa shape index (κ2) is 5.62. The Balaban J connectivity index is 1.49. The van der Waals surface area contributed by atoms with Crippen molar-refractivity contribution in [1.82, 2.24) is 10.3 Å². The molecule has 112 valence electrons. The minimum atomic E-state index is 0.478. The van der Waals surface area contributed by atoms with Gasteiger partial charge in [-0.1, -0.05) is 42.0 Å². The molecule has 22 heavy (non-hydrogen) atoms. The minimum Gasteiger partial charge on any atom is -0.357 e. The van der Waals surface area contributed by atoms with Gasteiger partial charge < -0.3 is 10.3 Å². The highest BCUT2D eigenvalue weighted by atomic mass is 15.0. The van der Waals surface area contributed by atoms with Gasteiger partial charge in [0.15, 0.2) is 0 Å². The lowest BCUT2D eigenvalue weighted by atomic mass is 10.1. The summed E-state index contributed by atoms with van der Waals surface area (Å²) >= 11 is 0. The SMILES string of the molecule is Cc1ccc2[nH]c3c(c2c1)CCC3NCCc1ccccc1. The van der Waals surface area contributed by atoms with E-state index in [1.807, 2.05) is 0 Å². The van der Waals surface area contributed by atoms with Gasteiger partial charge in [0.2, 0.25) is 0 Å². The first kappa shape index (κ1) is 13.6. The van der Waals surface area contributed by atoms with Crippen LogP contribution >= 0.6 is 0 Å². The first-order valence-electron chi connectivity index (χ1n) is 8.19. The fraction of sp³-hybridized carbons (Fsp3) is 0.300. The van der Waals surface area contributed by atoms with Gasteiger partial charge in [0.1, 0.15) is 0 Å². The third kappa shape index (κ3) is 2.44. The van der Waals surface area contributed by atoms with E-state index >= 15 is 0 Å².